The Labute approximate surface area is 107 Å². The minimum absolute atomic E-state index is 0. The monoisotopic (exact) mass is 266 g/mol. The maximum Gasteiger partial charge on any atom is 0.127 e. The number of benzene rings is 1. The number of nitrogens with zero attached hydrogens (tertiary/aromatic N) is 1. The first-order valence-electron chi connectivity index (χ1n) is 4.87. The van der Waals surface area contributed by atoms with Crippen molar-refractivity contribution in [1.82, 2.24) is 4.90 Å². The van der Waals surface area contributed by atoms with E-state index in [2.05, 4.69) is 0 Å². The molecule has 0 spiro atoms. The predicted octanol–water partition coefficient (Wildman–Crippen LogP) is 2.68. The van der Waals surface area contributed by atoms with E-state index in [-0.39, 0.29) is 24.3 Å². The molecule has 1 aromatic carbocycles. The molecule has 16 heavy (non-hydrogen) atoms. The van der Waals surface area contributed by atoms with Crippen LogP contribution in [0.4, 0.5) is 4.39 Å². The molecule has 0 aliphatic carbocycles. The van der Waals surface area contributed by atoms with E-state index >= 15 is 0 Å². The van der Waals surface area contributed by atoms with E-state index in [1.165, 1.54) is 6.07 Å². The van der Waals surface area contributed by atoms with Gasteiger partial charge in [0, 0.05) is 29.7 Å². The molecular formula is C11H17Cl2FN2. The SMILES string of the molecule is CC(N)CN(C)Cc1cc(Cl)ccc1F.Cl. The van der Waals surface area contributed by atoms with Gasteiger partial charge < -0.3 is 10.6 Å². The Morgan fingerprint density at radius 1 is 1.50 bits per heavy atom. The van der Waals surface area contributed by atoms with Crippen LogP contribution in [0.1, 0.15) is 12.5 Å². The third-order valence-electron chi connectivity index (χ3n) is 2.05. The molecule has 1 aromatic rings. The quantitative estimate of drug-likeness (QED) is 0.908. The summed E-state index contributed by atoms with van der Waals surface area (Å²) in [4.78, 5) is 1.97. The molecule has 1 atom stereocenters. The number of halogens is 3. The van der Waals surface area contributed by atoms with Crippen LogP contribution in [-0.2, 0) is 6.54 Å². The molecule has 0 aliphatic rings. The van der Waals surface area contributed by atoms with Crippen LogP contribution in [0.5, 0.6) is 0 Å². The lowest BCUT2D eigenvalue weighted by Crippen LogP contribution is -2.32. The van der Waals surface area contributed by atoms with Gasteiger partial charge in [-0.1, -0.05) is 11.6 Å². The first-order valence-corrected chi connectivity index (χ1v) is 5.25. The fraction of sp³-hybridized carbons (Fsp3) is 0.455. The van der Waals surface area contributed by atoms with Crippen LogP contribution in [-0.4, -0.2) is 24.5 Å². The largest absolute Gasteiger partial charge is 0.327 e. The fourth-order valence-corrected chi connectivity index (χ4v) is 1.71. The van der Waals surface area contributed by atoms with Crippen molar-refractivity contribution >= 4 is 24.0 Å². The average molecular weight is 267 g/mol. The third kappa shape index (κ3) is 5.12. The van der Waals surface area contributed by atoms with E-state index in [0.717, 1.165) is 6.54 Å². The van der Waals surface area contributed by atoms with Crippen molar-refractivity contribution in [3.8, 4) is 0 Å². The predicted molar refractivity (Wildman–Crippen MR) is 68.6 cm³/mol. The van der Waals surface area contributed by atoms with E-state index in [4.69, 9.17) is 17.3 Å². The van der Waals surface area contributed by atoms with Gasteiger partial charge in [-0.05, 0) is 32.2 Å². The van der Waals surface area contributed by atoms with Crippen LogP contribution < -0.4 is 5.73 Å². The lowest BCUT2D eigenvalue weighted by Gasteiger charge is -2.19. The normalized spacial score (nSPS) is 12.4. The maximum absolute atomic E-state index is 13.4. The molecule has 0 amide bonds. The first kappa shape index (κ1) is 15.7. The van der Waals surface area contributed by atoms with Crippen molar-refractivity contribution in [1.29, 1.82) is 0 Å². The average Bonchev–Trinajstić information content (AvgIpc) is 2.10. The second-order valence-corrected chi connectivity index (χ2v) is 4.35. The molecule has 1 rings (SSSR count). The van der Waals surface area contributed by atoms with Crippen molar-refractivity contribution in [2.24, 2.45) is 5.73 Å². The standard InChI is InChI=1S/C11H16ClFN2.ClH/c1-8(14)6-15(2)7-9-5-10(12)3-4-11(9)13;/h3-5,8H,6-7,14H2,1-2H3;1H. The van der Waals surface area contributed by atoms with E-state index < -0.39 is 0 Å². The summed E-state index contributed by atoms with van der Waals surface area (Å²) in [6, 6.07) is 4.66. The molecule has 1 unspecified atom stereocenters. The molecule has 2 N–H and O–H groups in total. The summed E-state index contributed by atoms with van der Waals surface area (Å²) >= 11 is 5.80. The molecule has 2 nitrogen and oxygen atoms in total. The highest BCUT2D eigenvalue weighted by atomic mass is 35.5. The van der Waals surface area contributed by atoms with E-state index in [0.29, 0.717) is 17.1 Å². The molecule has 0 radical (unpaired) electrons. The molecule has 0 saturated heterocycles. The minimum atomic E-state index is -0.226. The van der Waals surface area contributed by atoms with E-state index in [9.17, 15) is 4.39 Å². The van der Waals surface area contributed by atoms with Gasteiger partial charge in [-0.25, -0.2) is 4.39 Å². The Balaban J connectivity index is 0.00000225. The fourth-order valence-electron chi connectivity index (χ4n) is 1.51. The summed E-state index contributed by atoms with van der Waals surface area (Å²) in [5.41, 5.74) is 6.26. The van der Waals surface area contributed by atoms with Gasteiger partial charge in [0.05, 0.1) is 0 Å². The molecule has 92 valence electrons. The van der Waals surface area contributed by atoms with Crippen LogP contribution >= 0.6 is 24.0 Å². The summed E-state index contributed by atoms with van der Waals surface area (Å²) in [5.74, 6) is -0.226. The molecule has 0 heterocycles. The molecule has 5 heteroatoms. The van der Waals surface area contributed by atoms with Crippen LogP contribution in [0.15, 0.2) is 18.2 Å². The topological polar surface area (TPSA) is 29.3 Å². The van der Waals surface area contributed by atoms with Gasteiger partial charge in [0.15, 0.2) is 0 Å². The summed E-state index contributed by atoms with van der Waals surface area (Å²) in [7, 11) is 1.91. The van der Waals surface area contributed by atoms with Crippen molar-refractivity contribution in [3.63, 3.8) is 0 Å². The molecule has 0 bridgehead atoms. The summed E-state index contributed by atoms with van der Waals surface area (Å²) in [6.45, 7) is 3.17. The number of likely N-dealkylation sites (N-methyl/N-ethyl adjacent to an activating group) is 1. The zero-order valence-electron chi connectivity index (χ0n) is 9.41. The highest BCUT2D eigenvalue weighted by Crippen LogP contribution is 2.16. The maximum atomic E-state index is 13.4. The van der Waals surface area contributed by atoms with Gasteiger partial charge in [0.25, 0.3) is 0 Å². The van der Waals surface area contributed by atoms with Gasteiger partial charge in [0.2, 0.25) is 0 Å². The van der Waals surface area contributed by atoms with E-state index in [1.54, 1.807) is 12.1 Å². The summed E-state index contributed by atoms with van der Waals surface area (Å²) < 4.78 is 13.4. The molecule has 0 saturated carbocycles. The lowest BCUT2D eigenvalue weighted by atomic mass is 10.2. The summed E-state index contributed by atoms with van der Waals surface area (Å²) in [5, 5.41) is 0.556. The van der Waals surface area contributed by atoms with Crippen molar-refractivity contribution in [2.75, 3.05) is 13.6 Å². The third-order valence-corrected chi connectivity index (χ3v) is 2.28. The van der Waals surface area contributed by atoms with Gasteiger partial charge in [-0.15, -0.1) is 12.4 Å². The Morgan fingerprint density at radius 2 is 2.12 bits per heavy atom. The van der Waals surface area contributed by atoms with Gasteiger partial charge >= 0.3 is 0 Å². The van der Waals surface area contributed by atoms with Crippen LogP contribution in [0.25, 0.3) is 0 Å². The number of hydrogen-bond donors (Lipinski definition) is 1. The zero-order valence-corrected chi connectivity index (χ0v) is 11.0. The van der Waals surface area contributed by atoms with Crippen LogP contribution in [0, 0.1) is 5.82 Å². The first-order chi connectivity index (χ1) is 6.99. The number of nitrogens with two attached hydrogens (primary N) is 1. The summed E-state index contributed by atoms with van der Waals surface area (Å²) in [6.07, 6.45) is 0. The zero-order chi connectivity index (χ0) is 11.4. The minimum Gasteiger partial charge on any atom is -0.327 e. The second kappa shape index (κ2) is 7.07. The lowest BCUT2D eigenvalue weighted by molar-refractivity contribution is 0.305. The van der Waals surface area contributed by atoms with Crippen molar-refractivity contribution < 1.29 is 4.39 Å². The van der Waals surface area contributed by atoms with Crippen molar-refractivity contribution in [3.05, 3.63) is 34.6 Å². The highest BCUT2D eigenvalue weighted by molar-refractivity contribution is 6.30. The van der Waals surface area contributed by atoms with Crippen LogP contribution in [0.2, 0.25) is 5.02 Å². The molecule has 0 aromatic heterocycles. The Bertz CT molecular complexity index is 332. The van der Waals surface area contributed by atoms with Crippen LogP contribution in [0.3, 0.4) is 0 Å². The number of hydrogen-bond acceptors (Lipinski definition) is 2. The van der Waals surface area contributed by atoms with Crippen molar-refractivity contribution in [2.45, 2.75) is 19.5 Å². The Kier molecular flexibility index (Phi) is 6.91. The molecule has 0 fully saturated rings. The number of rotatable bonds is 4. The highest BCUT2D eigenvalue weighted by Gasteiger charge is 2.07. The smallest absolute Gasteiger partial charge is 0.127 e. The van der Waals surface area contributed by atoms with Gasteiger partial charge in [0.1, 0.15) is 5.82 Å². The Morgan fingerprint density at radius 3 is 2.69 bits per heavy atom. The van der Waals surface area contributed by atoms with Gasteiger partial charge in [-0.2, -0.15) is 0 Å². The van der Waals surface area contributed by atoms with Gasteiger partial charge in [-0.3, -0.25) is 0 Å². The Hall–Kier alpha value is -0.350. The second-order valence-electron chi connectivity index (χ2n) is 3.91. The molecular weight excluding hydrogens is 250 g/mol. The van der Waals surface area contributed by atoms with E-state index in [1.807, 2.05) is 18.9 Å². The molecule has 0 aliphatic heterocycles.